The summed E-state index contributed by atoms with van der Waals surface area (Å²) < 4.78 is 0. The fraction of sp³-hybridized carbons (Fsp3) is 0.500. The molecule has 1 aromatic carbocycles. The molecule has 21 heavy (non-hydrogen) atoms. The first-order chi connectivity index (χ1) is 10.2. The van der Waals surface area contributed by atoms with Crippen LogP contribution in [0.5, 0.6) is 0 Å². The van der Waals surface area contributed by atoms with Crippen molar-refractivity contribution < 1.29 is 4.79 Å². The van der Waals surface area contributed by atoms with Crippen molar-refractivity contribution in [2.45, 2.75) is 38.9 Å². The van der Waals surface area contributed by atoms with Crippen LogP contribution in [0.1, 0.15) is 30.9 Å². The van der Waals surface area contributed by atoms with Crippen LogP contribution in [0.3, 0.4) is 0 Å². The minimum absolute atomic E-state index is 0.275. The standard InChI is InChI=1S/C16H22N4O/c1-12-9-17-16(19-12)18-10-13-4-2-5-14(8-13)11-20-7-3-6-15(20)21/h2,4-5,8,12H,3,6-7,9-11H2,1H3,(H2,17,18,19). The van der Waals surface area contributed by atoms with E-state index in [9.17, 15) is 4.79 Å². The maximum atomic E-state index is 11.7. The van der Waals surface area contributed by atoms with E-state index in [2.05, 4.69) is 46.8 Å². The second kappa shape index (κ2) is 6.16. The van der Waals surface area contributed by atoms with E-state index >= 15 is 0 Å². The smallest absolute Gasteiger partial charge is 0.222 e. The zero-order valence-corrected chi connectivity index (χ0v) is 12.4. The summed E-state index contributed by atoms with van der Waals surface area (Å²) in [5, 5.41) is 6.61. The lowest BCUT2D eigenvalue weighted by Crippen LogP contribution is -2.37. The first-order valence-corrected chi connectivity index (χ1v) is 7.61. The Morgan fingerprint density at radius 3 is 3.00 bits per heavy atom. The van der Waals surface area contributed by atoms with Crippen LogP contribution in [-0.2, 0) is 17.9 Å². The normalized spacial score (nSPS) is 21.4. The van der Waals surface area contributed by atoms with Gasteiger partial charge in [0.2, 0.25) is 5.91 Å². The van der Waals surface area contributed by atoms with E-state index in [1.54, 1.807) is 0 Å². The molecule has 3 rings (SSSR count). The Kier molecular flexibility index (Phi) is 4.08. The molecule has 1 unspecified atom stereocenters. The summed E-state index contributed by atoms with van der Waals surface area (Å²) in [5.74, 6) is 1.15. The number of aliphatic imine (C=N–C) groups is 1. The quantitative estimate of drug-likeness (QED) is 0.876. The Labute approximate surface area is 125 Å². The van der Waals surface area contributed by atoms with Crippen molar-refractivity contribution >= 4 is 11.9 Å². The molecule has 1 aromatic rings. The van der Waals surface area contributed by atoms with Gasteiger partial charge in [0.25, 0.3) is 0 Å². The summed E-state index contributed by atoms with van der Waals surface area (Å²) in [4.78, 5) is 18.0. The predicted octanol–water partition coefficient (Wildman–Crippen LogP) is 1.25. The van der Waals surface area contributed by atoms with Gasteiger partial charge in [0.1, 0.15) is 0 Å². The van der Waals surface area contributed by atoms with Gasteiger partial charge in [-0.3, -0.25) is 9.79 Å². The van der Waals surface area contributed by atoms with Crippen LogP contribution >= 0.6 is 0 Å². The number of amides is 1. The van der Waals surface area contributed by atoms with Crippen LogP contribution < -0.4 is 10.6 Å². The molecule has 0 saturated carbocycles. The molecule has 5 heteroatoms. The highest BCUT2D eigenvalue weighted by atomic mass is 16.2. The van der Waals surface area contributed by atoms with E-state index in [1.165, 1.54) is 11.1 Å². The highest BCUT2D eigenvalue weighted by Crippen LogP contribution is 2.15. The molecule has 0 radical (unpaired) electrons. The van der Waals surface area contributed by atoms with Gasteiger partial charge < -0.3 is 15.5 Å². The van der Waals surface area contributed by atoms with Crippen LogP contribution in [0.25, 0.3) is 0 Å². The van der Waals surface area contributed by atoms with Crippen molar-refractivity contribution in [1.82, 2.24) is 15.5 Å². The van der Waals surface area contributed by atoms with Gasteiger partial charge in [-0.05, 0) is 24.5 Å². The Morgan fingerprint density at radius 2 is 2.29 bits per heavy atom. The summed E-state index contributed by atoms with van der Waals surface area (Å²) >= 11 is 0. The SMILES string of the molecule is CC1CN=C(NCc2cccc(CN3CCCC3=O)c2)N1. The van der Waals surface area contributed by atoms with Crippen molar-refractivity contribution in [1.29, 1.82) is 0 Å². The van der Waals surface area contributed by atoms with E-state index in [0.717, 1.165) is 38.6 Å². The third-order valence-corrected chi connectivity index (χ3v) is 3.90. The topological polar surface area (TPSA) is 56.7 Å². The van der Waals surface area contributed by atoms with Crippen molar-refractivity contribution in [2.75, 3.05) is 13.1 Å². The number of rotatable bonds is 4. The van der Waals surface area contributed by atoms with Crippen molar-refractivity contribution in [2.24, 2.45) is 4.99 Å². The molecule has 0 aromatic heterocycles. The van der Waals surface area contributed by atoms with Crippen LogP contribution in [0, 0.1) is 0 Å². The average Bonchev–Trinajstić information content (AvgIpc) is 3.07. The number of hydrogen-bond donors (Lipinski definition) is 2. The molecule has 5 nitrogen and oxygen atoms in total. The Morgan fingerprint density at radius 1 is 1.43 bits per heavy atom. The number of hydrogen-bond acceptors (Lipinski definition) is 4. The third kappa shape index (κ3) is 3.54. The van der Waals surface area contributed by atoms with Gasteiger partial charge in [-0.25, -0.2) is 0 Å². The lowest BCUT2D eigenvalue weighted by atomic mass is 10.1. The summed E-state index contributed by atoms with van der Waals surface area (Å²) in [6.07, 6.45) is 1.69. The van der Waals surface area contributed by atoms with Crippen molar-refractivity contribution in [3.63, 3.8) is 0 Å². The maximum absolute atomic E-state index is 11.7. The number of carbonyl (C=O) groups is 1. The highest BCUT2D eigenvalue weighted by Gasteiger charge is 2.20. The fourth-order valence-corrected chi connectivity index (χ4v) is 2.78. The largest absolute Gasteiger partial charge is 0.352 e. The van der Waals surface area contributed by atoms with Crippen LogP contribution in [0.2, 0.25) is 0 Å². The van der Waals surface area contributed by atoms with Crippen LogP contribution in [0.15, 0.2) is 29.3 Å². The van der Waals surface area contributed by atoms with E-state index in [0.29, 0.717) is 12.5 Å². The minimum atomic E-state index is 0.275. The zero-order chi connectivity index (χ0) is 14.7. The Balaban J connectivity index is 1.56. The fourth-order valence-electron chi connectivity index (χ4n) is 2.78. The second-order valence-electron chi connectivity index (χ2n) is 5.83. The lowest BCUT2D eigenvalue weighted by molar-refractivity contribution is -0.128. The molecule has 1 atom stereocenters. The van der Waals surface area contributed by atoms with E-state index < -0.39 is 0 Å². The molecular formula is C16H22N4O. The molecule has 2 aliphatic rings. The monoisotopic (exact) mass is 286 g/mol. The molecule has 1 fully saturated rings. The van der Waals surface area contributed by atoms with Gasteiger partial charge in [-0.2, -0.15) is 0 Å². The zero-order valence-electron chi connectivity index (χ0n) is 12.4. The number of likely N-dealkylation sites (tertiary alicyclic amines) is 1. The van der Waals surface area contributed by atoms with Crippen molar-refractivity contribution in [3.8, 4) is 0 Å². The molecule has 112 valence electrons. The third-order valence-electron chi connectivity index (χ3n) is 3.90. The van der Waals surface area contributed by atoms with Gasteiger partial charge in [0.05, 0.1) is 6.54 Å². The highest BCUT2D eigenvalue weighted by molar-refractivity contribution is 5.81. The summed E-state index contributed by atoms with van der Waals surface area (Å²) in [5.41, 5.74) is 2.41. The molecule has 0 bridgehead atoms. The Bertz CT molecular complexity index is 555. The average molecular weight is 286 g/mol. The van der Waals surface area contributed by atoms with E-state index in [4.69, 9.17) is 0 Å². The first-order valence-electron chi connectivity index (χ1n) is 7.61. The maximum Gasteiger partial charge on any atom is 0.222 e. The van der Waals surface area contributed by atoms with Gasteiger partial charge in [-0.1, -0.05) is 24.3 Å². The number of nitrogens with one attached hydrogen (secondary N) is 2. The minimum Gasteiger partial charge on any atom is -0.352 e. The molecule has 0 aliphatic carbocycles. The lowest BCUT2D eigenvalue weighted by Gasteiger charge is -2.16. The van der Waals surface area contributed by atoms with E-state index in [-0.39, 0.29) is 5.91 Å². The van der Waals surface area contributed by atoms with Gasteiger partial charge in [-0.15, -0.1) is 0 Å². The first kappa shape index (κ1) is 13.9. The number of carbonyl (C=O) groups excluding carboxylic acids is 1. The molecule has 0 spiro atoms. The van der Waals surface area contributed by atoms with Crippen LogP contribution in [0.4, 0.5) is 0 Å². The molecule has 1 saturated heterocycles. The molecule has 1 amide bonds. The summed E-state index contributed by atoms with van der Waals surface area (Å²) in [6.45, 7) is 5.31. The number of nitrogens with zero attached hydrogens (tertiary/aromatic N) is 2. The van der Waals surface area contributed by atoms with E-state index in [1.807, 2.05) is 4.90 Å². The molecule has 2 N–H and O–H groups in total. The summed E-state index contributed by atoms with van der Waals surface area (Å²) in [6, 6.07) is 8.82. The summed E-state index contributed by atoms with van der Waals surface area (Å²) in [7, 11) is 0. The van der Waals surface area contributed by atoms with Crippen molar-refractivity contribution in [3.05, 3.63) is 35.4 Å². The second-order valence-corrected chi connectivity index (χ2v) is 5.83. The molecule has 2 heterocycles. The molecule has 2 aliphatic heterocycles. The van der Waals surface area contributed by atoms with Crippen LogP contribution in [-0.4, -0.2) is 35.9 Å². The predicted molar refractivity (Wildman–Crippen MR) is 82.8 cm³/mol. The van der Waals surface area contributed by atoms with Gasteiger partial charge >= 0.3 is 0 Å². The van der Waals surface area contributed by atoms with Gasteiger partial charge in [0, 0.05) is 32.1 Å². The number of benzene rings is 1. The number of guanidine groups is 1. The van der Waals surface area contributed by atoms with Gasteiger partial charge in [0.15, 0.2) is 5.96 Å². The Hall–Kier alpha value is -2.04. The molecular weight excluding hydrogens is 264 g/mol.